The zero-order valence-electron chi connectivity index (χ0n) is 9.93. The van der Waals surface area contributed by atoms with Crippen LogP contribution in [0.5, 0.6) is 0 Å². The zero-order valence-corrected chi connectivity index (χ0v) is 10.8. The molecule has 1 aromatic carbocycles. The van der Waals surface area contributed by atoms with E-state index in [0.29, 0.717) is 0 Å². The minimum Gasteiger partial charge on any atom is -0.312 e. The van der Waals surface area contributed by atoms with E-state index in [0.717, 1.165) is 25.9 Å². The maximum absolute atomic E-state index is 13.7. The molecule has 18 heavy (non-hydrogen) atoms. The van der Waals surface area contributed by atoms with Gasteiger partial charge in [0.25, 0.3) is 0 Å². The van der Waals surface area contributed by atoms with Gasteiger partial charge in [0.05, 0.1) is 0 Å². The van der Waals surface area contributed by atoms with E-state index in [1.165, 1.54) is 12.1 Å². The maximum Gasteiger partial charge on any atom is 0.332 e. The number of ketones is 1. The Bertz CT molecular complexity index is 461. The number of halogens is 2. The van der Waals surface area contributed by atoms with Gasteiger partial charge in [-0.2, -0.15) is 8.78 Å². The summed E-state index contributed by atoms with van der Waals surface area (Å²) in [6.07, 6.45) is 0. The lowest BCUT2D eigenvalue weighted by atomic mass is 10.1. The van der Waals surface area contributed by atoms with Gasteiger partial charge in [0.15, 0.2) is 0 Å². The number of benzene rings is 1. The van der Waals surface area contributed by atoms with E-state index in [1.807, 2.05) is 0 Å². The van der Waals surface area contributed by atoms with Crippen molar-refractivity contribution in [2.75, 3.05) is 20.4 Å². The lowest BCUT2D eigenvalue weighted by molar-refractivity contribution is -0.146. The fourth-order valence-electron chi connectivity index (χ4n) is 1.13. The first kappa shape index (κ1) is 15.0. The molecule has 7 heteroatoms. The Hall–Kier alpha value is -1.10. The third-order valence-corrected chi connectivity index (χ3v) is 3.51. The molecule has 0 aliphatic carbocycles. The first-order valence-corrected chi connectivity index (χ1v) is 7.03. The Morgan fingerprint density at radius 2 is 1.89 bits per heavy atom. The van der Waals surface area contributed by atoms with Crippen molar-refractivity contribution in [2.24, 2.45) is 0 Å². The van der Waals surface area contributed by atoms with Gasteiger partial charge in [-0.05, 0) is 0 Å². The average Bonchev–Trinajstić information content (AvgIpc) is 2.37. The van der Waals surface area contributed by atoms with Crippen LogP contribution in [0.4, 0.5) is 8.78 Å². The highest BCUT2D eigenvalue weighted by molar-refractivity contribution is 7.52. The molecule has 0 bridgehead atoms. The lowest BCUT2D eigenvalue weighted by Gasteiger charge is -2.16. The van der Waals surface area contributed by atoms with Crippen molar-refractivity contribution >= 4 is 13.4 Å². The molecular formula is C11H13F2O4P. The molecule has 0 N–H and O–H groups in total. The molecule has 0 heterocycles. The number of carbonyl (C=O) groups is 1. The second-order valence-corrected chi connectivity index (χ2v) is 5.76. The Kier molecular flexibility index (Phi) is 4.73. The topological polar surface area (TPSA) is 52.6 Å². The highest BCUT2D eigenvalue weighted by Crippen LogP contribution is 2.43. The van der Waals surface area contributed by atoms with Crippen molar-refractivity contribution in [1.29, 1.82) is 0 Å². The van der Waals surface area contributed by atoms with Crippen LogP contribution in [-0.4, -0.2) is 26.2 Å². The summed E-state index contributed by atoms with van der Waals surface area (Å²) in [6.45, 7) is 0.129. The summed E-state index contributed by atoms with van der Waals surface area (Å²) in [5, 5.41) is 0. The van der Waals surface area contributed by atoms with Crippen LogP contribution in [0.2, 0.25) is 0 Å². The summed E-state index contributed by atoms with van der Waals surface area (Å²) < 4.78 is 47.6. The van der Waals surface area contributed by atoms with E-state index >= 15 is 0 Å². The van der Waals surface area contributed by atoms with Crippen molar-refractivity contribution in [2.45, 2.75) is 5.92 Å². The number of carbonyl (C=O) groups excluding carboxylic acids is 1. The van der Waals surface area contributed by atoms with Gasteiger partial charge in [-0.15, -0.1) is 0 Å². The molecule has 0 radical (unpaired) electrons. The molecule has 1 atom stereocenters. The fraction of sp³-hybridized carbons (Fsp3) is 0.364. The van der Waals surface area contributed by atoms with Crippen LogP contribution in [0.3, 0.4) is 0 Å². The number of rotatable bonds is 6. The van der Waals surface area contributed by atoms with Crippen LogP contribution in [0.15, 0.2) is 30.3 Å². The normalized spacial score (nSPS) is 15.1. The molecule has 1 aromatic rings. The Morgan fingerprint density at radius 3 is 2.39 bits per heavy atom. The highest BCUT2D eigenvalue weighted by atomic mass is 31.2. The van der Waals surface area contributed by atoms with Crippen molar-refractivity contribution in [3.63, 3.8) is 0 Å². The zero-order chi connectivity index (χ0) is 13.8. The van der Waals surface area contributed by atoms with E-state index in [2.05, 4.69) is 9.05 Å². The third-order valence-electron chi connectivity index (χ3n) is 2.25. The Labute approximate surface area is 103 Å². The van der Waals surface area contributed by atoms with E-state index in [-0.39, 0.29) is 0 Å². The largest absolute Gasteiger partial charge is 0.332 e. The minimum atomic E-state index is -3.67. The van der Waals surface area contributed by atoms with Crippen molar-refractivity contribution in [3.05, 3.63) is 35.9 Å². The second-order valence-electron chi connectivity index (χ2n) is 3.59. The first-order chi connectivity index (χ1) is 8.29. The van der Waals surface area contributed by atoms with Gasteiger partial charge in [-0.25, -0.2) is 0 Å². The van der Waals surface area contributed by atoms with Crippen molar-refractivity contribution < 1.29 is 27.2 Å². The molecule has 100 valence electrons. The molecule has 0 spiro atoms. The van der Waals surface area contributed by atoms with Crippen LogP contribution in [0.1, 0.15) is 5.56 Å². The van der Waals surface area contributed by atoms with E-state index in [1.54, 1.807) is 6.07 Å². The monoisotopic (exact) mass is 278 g/mol. The predicted molar refractivity (Wildman–Crippen MR) is 61.8 cm³/mol. The first-order valence-electron chi connectivity index (χ1n) is 5.04. The van der Waals surface area contributed by atoms with Gasteiger partial charge >= 0.3 is 13.5 Å². The van der Waals surface area contributed by atoms with E-state index in [9.17, 15) is 18.1 Å². The van der Waals surface area contributed by atoms with Gasteiger partial charge < -0.3 is 9.05 Å². The van der Waals surface area contributed by atoms with E-state index < -0.39 is 31.5 Å². The molecule has 0 aliphatic heterocycles. The molecule has 0 aliphatic rings. The smallest absolute Gasteiger partial charge is 0.312 e. The Balaban J connectivity index is 2.75. The van der Waals surface area contributed by atoms with Crippen LogP contribution in [-0.2, 0) is 24.3 Å². The summed E-state index contributed by atoms with van der Waals surface area (Å²) in [4.78, 5) is 11.4. The van der Waals surface area contributed by atoms with Crippen LogP contribution in [0, 0.1) is 0 Å². The van der Waals surface area contributed by atoms with Crippen LogP contribution >= 0.6 is 7.60 Å². The highest BCUT2D eigenvalue weighted by Gasteiger charge is 2.41. The van der Waals surface area contributed by atoms with Crippen LogP contribution in [0.25, 0.3) is 0 Å². The summed E-state index contributed by atoms with van der Waals surface area (Å²) in [6, 6.07) is 6.64. The minimum absolute atomic E-state index is 0.429. The number of hydrogen-bond donors (Lipinski definition) is 0. The number of alkyl halides is 2. The summed E-state index contributed by atoms with van der Waals surface area (Å²) in [5.74, 6) is -5.14. The van der Waals surface area contributed by atoms with Gasteiger partial charge in [0.2, 0.25) is 5.78 Å². The number of Topliss-reactive ketones (excluding diaryl/α,β-unsaturated/α-hetero) is 1. The molecule has 4 nitrogen and oxygen atoms in total. The van der Waals surface area contributed by atoms with Crippen LogP contribution < -0.4 is 0 Å². The average molecular weight is 278 g/mol. The molecule has 0 aromatic heterocycles. The molecule has 1 unspecified atom stereocenters. The van der Waals surface area contributed by atoms with Gasteiger partial charge in [-0.3, -0.25) is 9.36 Å². The van der Waals surface area contributed by atoms with Gasteiger partial charge in [-0.1, -0.05) is 30.3 Å². The van der Waals surface area contributed by atoms with E-state index in [4.69, 9.17) is 0 Å². The molecular weight excluding hydrogens is 265 g/mol. The van der Waals surface area contributed by atoms with Gasteiger partial charge in [0.1, 0.15) is 6.61 Å². The van der Waals surface area contributed by atoms with Crippen molar-refractivity contribution in [3.8, 4) is 0 Å². The summed E-state index contributed by atoms with van der Waals surface area (Å²) >= 11 is 0. The quantitative estimate of drug-likeness (QED) is 0.751. The molecule has 1 rings (SSSR count). The molecule has 0 fully saturated rings. The predicted octanol–water partition coefficient (Wildman–Crippen LogP) is 2.83. The van der Waals surface area contributed by atoms with Gasteiger partial charge in [0, 0.05) is 19.3 Å². The molecule has 0 saturated heterocycles. The summed E-state index contributed by atoms with van der Waals surface area (Å²) in [7, 11) is -2.33. The standard InChI is InChI=1S/C11H13F2O4P/c1-16-18(2,15)17-8-10(14)11(12,13)9-6-4-3-5-7-9/h3-7H,8H2,1-2H3. The molecule has 0 saturated carbocycles. The molecule has 0 amide bonds. The summed E-state index contributed by atoms with van der Waals surface area (Å²) in [5.41, 5.74) is -0.429. The fourth-order valence-corrected chi connectivity index (χ4v) is 1.58. The SMILES string of the molecule is COP(C)(=O)OCC(=O)C(F)(F)c1ccccc1. The van der Waals surface area contributed by atoms with Crippen molar-refractivity contribution in [1.82, 2.24) is 0 Å². The third kappa shape index (κ3) is 3.70. The Morgan fingerprint density at radius 1 is 1.33 bits per heavy atom. The lowest BCUT2D eigenvalue weighted by Crippen LogP contribution is -2.29. The number of hydrogen-bond acceptors (Lipinski definition) is 4. The second kappa shape index (κ2) is 5.69. The maximum atomic E-state index is 13.7.